The zero-order chi connectivity index (χ0) is 14.8. The largest absolute Gasteiger partial charge is 0.481 e. The molecule has 112 valence electrons. The molecule has 1 heterocycles. The van der Waals surface area contributed by atoms with Crippen LogP contribution in [0.25, 0.3) is 0 Å². The third kappa shape index (κ3) is 4.26. The molecule has 0 aliphatic heterocycles. The summed E-state index contributed by atoms with van der Waals surface area (Å²) < 4.78 is 26.5. The average Bonchev–Trinajstić information content (AvgIpc) is 2.69. The number of aromatic nitrogens is 1. The lowest BCUT2D eigenvalue weighted by atomic mass is 9.79. The van der Waals surface area contributed by atoms with Crippen LogP contribution in [0.4, 0.5) is 0 Å². The smallest absolute Gasteiger partial charge is 0.303 e. The number of nitrogens with one attached hydrogen (secondary N) is 1. The van der Waals surface area contributed by atoms with Gasteiger partial charge in [-0.05, 0) is 32.1 Å². The maximum atomic E-state index is 11.9. The normalized spacial score (nSPS) is 22.4. The van der Waals surface area contributed by atoms with E-state index >= 15 is 0 Å². The Bertz CT molecular complexity index is 576. The van der Waals surface area contributed by atoms with E-state index in [2.05, 4.69) is 9.71 Å². The SMILES string of the molecule is Cc1ncsc1CCS(=O)(=O)NC1CC(CC(=O)O)C1. The number of aryl methyl sites for hydroxylation is 2. The third-order valence-electron chi connectivity index (χ3n) is 3.49. The van der Waals surface area contributed by atoms with Crippen LogP contribution in [0.15, 0.2) is 5.51 Å². The lowest BCUT2D eigenvalue weighted by molar-refractivity contribution is -0.138. The van der Waals surface area contributed by atoms with E-state index in [0.29, 0.717) is 19.3 Å². The summed E-state index contributed by atoms with van der Waals surface area (Å²) in [6.07, 6.45) is 1.83. The lowest BCUT2D eigenvalue weighted by Gasteiger charge is -2.34. The summed E-state index contributed by atoms with van der Waals surface area (Å²) in [5, 5.41) is 8.64. The highest BCUT2D eigenvalue weighted by Gasteiger charge is 2.33. The zero-order valence-corrected chi connectivity index (χ0v) is 12.8. The van der Waals surface area contributed by atoms with Crippen molar-refractivity contribution in [2.24, 2.45) is 5.92 Å². The Labute approximate surface area is 122 Å². The number of sulfonamides is 1. The molecule has 0 unspecified atom stereocenters. The van der Waals surface area contributed by atoms with Gasteiger partial charge in [-0.2, -0.15) is 0 Å². The molecule has 2 N–H and O–H groups in total. The highest BCUT2D eigenvalue weighted by atomic mass is 32.2. The van der Waals surface area contributed by atoms with Gasteiger partial charge in [-0.25, -0.2) is 18.1 Å². The highest BCUT2D eigenvalue weighted by molar-refractivity contribution is 7.89. The summed E-state index contributed by atoms with van der Waals surface area (Å²) in [5.74, 6) is -0.670. The van der Waals surface area contributed by atoms with Crippen LogP contribution < -0.4 is 4.72 Å². The van der Waals surface area contributed by atoms with Crippen molar-refractivity contribution < 1.29 is 18.3 Å². The van der Waals surface area contributed by atoms with E-state index in [0.717, 1.165) is 10.6 Å². The number of rotatable bonds is 7. The quantitative estimate of drug-likeness (QED) is 0.786. The molecule has 8 heteroatoms. The van der Waals surface area contributed by atoms with Crippen LogP contribution >= 0.6 is 11.3 Å². The number of carboxylic acids is 1. The van der Waals surface area contributed by atoms with E-state index in [-0.39, 0.29) is 24.1 Å². The summed E-state index contributed by atoms with van der Waals surface area (Å²) in [6.45, 7) is 1.87. The second-order valence-electron chi connectivity index (χ2n) is 5.18. The molecular formula is C12H18N2O4S2. The predicted octanol–water partition coefficient (Wildman–Crippen LogP) is 1.17. The van der Waals surface area contributed by atoms with Crippen molar-refractivity contribution in [1.82, 2.24) is 9.71 Å². The first-order chi connectivity index (χ1) is 9.35. The Morgan fingerprint density at radius 2 is 2.25 bits per heavy atom. The monoisotopic (exact) mass is 318 g/mol. The second-order valence-corrected chi connectivity index (χ2v) is 7.99. The van der Waals surface area contributed by atoms with Crippen LogP contribution in [0.5, 0.6) is 0 Å². The van der Waals surface area contributed by atoms with Gasteiger partial charge in [0.1, 0.15) is 0 Å². The van der Waals surface area contributed by atoms with Crippen molar-refractivity contribution in [2.75, 3.05) is 5.75 Å². The van der Waals surface area contributed by atoms with Crippen LogP contribution in [-0.2, 0) is 21.2 Å². The summed E-state index contributed by atoms with van der Waals surface area (Å²) in [7, 11) is -3.30. The molecule has 0 bridgehead atoms. The molecule has 1 aliphatic carbocycles. The Kier molecular flexibility index (Phi) is 4.77. The number of carbonyl (C=O) groups is 1. The molecule has 0 saturated heterocycles. The van der Waals surface area contributed by atoms with Crippen molar-refractivity contribution in [3.05, 3.63) is 16.1 Å². The van der Waals surface area contributed by atoms with Crippen molar-refractivity contribution in [2.45, 2.75) is 38.6 Å². The first-order valence-electron chi connectivity index (χ1n) is 6.46. The number of aliphatic carboxylic acids is 1. The molecule has 2 rings (SSSR count). The molecule has 20 heavy (non-hydrogen) atoms. The molecule has 0 spiro atoms. The summed E-state index contributed by atoms with van der Waals surface area (Å²) in [4.78, 5) is 15.6. The molecular weight excluding hydrogens is 300 g/mol. The molecule has 0 amide bonds. The van der Waals surface area contributed by atoms with Gasteiger partial charge in [-0.3, -0.25) is 4.79 Å². The lowest BCUT2D eigenvalue weighted by Crippen LogP contribution is -2.45. The topological polar surface area (TPSA) is 96.4 Å². The Balaban J connectivity index is 1.75. The molecule has 6 nitrogen and oxygen atoms in total. The van der Waals surface area contributed by atoms with Crippen LogP contribution in [0, 0.1) is 12.8 Å². The van der Waals surface area contributed by atoms with Gasteiger partial charge in [0.05, 0.1) is 17.0 Å². The Morgan fingerprint density at radius 1 is 1.55 bits per heavy atom. The molecule has 1 aromatic rings. The van der Waals surface area contributed by atoms with E-state index in [9.17, 15) is 13.2 Å². The van der Waals surface area contributed by atoms with Crippen molar-refractivity contribution in [1.29, 1.82) is 0 Å². The van der Waals surface area contributed by atoms with Gasteiger partial charge in [0.15, 0.2) is 0 Å². The minimum atomic E-state index is -3.30. The number of hydrogen-bond donors (Lipinski definition) is 2. The van der Waals surface area contributed by atoms with Crippen molar-refractivity contribution >= 4 is 27.3 Å². The number of hydrogen-bond acceptors (Lipinski definition) is 5. The second kappa shape index (κ2) is 6.19. The summed E-state index contributed by atoms with van der Waals surface area (Å²) in [5.41, 5.74) is 2.60. The maximum absolute atomic E-state index is 11.9. The van der Waals surface area contributed by atoms with Crippen molar-refractivity contribution in [3.63, 3.8) is 0 Å². The van der Waals surface area contributed by atoms with E-state index < -0.39 is 16.0 Å². The zero-order valence-electron chi connectivity index (χ0n) is 11.2. The predicted molar refractivity (Wildman–Crippen MR) is 76.2 cm³/mol. The number of thiazole rings is 1. The molecule has 1 aliphatic rings. The van der Waals surface area contributed by atoms with Gasteiger partial charge >= 0.3 is 5.97 Å². The first kappa shape index (κ1) is 15.4. The third-order valence-corrected chi connectivity index (χ3v) is 5.92. The fraction of sp³-hybridized carbons (Fsp3) is 0.667. The van der Waals surface area contributed by atoms with Crippen molar-refractivity contribution in [3.8, 4) is 0 Å². The van der Waals surface area contributed by atoms with Gasteiger partial charge in [-0.1, -0.05) is 0 Å². The van der Waals surface area contributed by atoms with Crippen LogP contribution in [-0.4, -0.2) is 36.3 Å². The van der Waals surface area contributed by atoms with Crippen LogP contribution in [0.3, 0.4) is 0 Å². The standard InChI is InChI=1S/C12H18N2O4S2/c1-8-11(19-7-13-8)2-3-20(17,18)14-10-4-9(5-10)6-12(15)16/h7,9-10,14H,2-6H2,1H3,(H,15,16). The minimum absolute atomic E-state index is 0.0517. The summed E-state index contributed by atoms with van der Waals surface area (Å²) in [6, 6.07) is -0.105. The molecule has 0 atom stereocenters. The van der Waals surface area contributed by atoms with Gasteiger partial charge in [0, 0.05) is 17.3 Å². The van der Waals surface area contributed by atoms with Crippen LogP contribution in [0.2, 0.25) is 0 Å². The van der Waals surface area contributed by atoms with Gasteiger partial charge < -0.3 is 5.11 Å². The first-order valence-corrected chi connectivity index (χ1v) is 8.99. The highest BCUT2D eigenvalue weighted by Crippen LogP contribution is 2.30. The molecule has 1 fully saturated rings. The van der Waals surface area contributed by atoms with Crippen LogP contribution in [0.1, 0.15) is 29.8 Å². The van der Waals surface area contributed by atoms with E-state index in [1.807, 2.05) is 6.92 Å². The van der Waals surface area contributed by atoms with E-state index in [4.69, 9.17) is 5.11 Å². The molecule has 1 aromatic heterocycles. The molecule has 1 saturated carbocycles. The maximum Gasteiger partial charge on any atom is 0.303 e. The Hall–Kier alpha value is -0.990. The number of nitrogens with zero attached hydrogens (tertiary/aromatic N) is 1. The van der Waals surface area contributed by atoms with Gasteiger partial charge in [-0.15, -0.1) is 11.3 Å². The average molecular weight is 318 g/mol. The fourth-order valence-electron chi connectivity index (χ4n) is 2.35. The summed E-state index contributed by atoms with van der Waals surface area (Å²) >= 11 is 1.47. The van der Waals surface area contributed by atoms with Gasteiger partial charge in [0.25, 0.3) is 0 Å². The molecule has 0 radical (unpaired) electrons. The van der Waals surface area contributed by atoms with E-state index in [1.54, 1.807) is 5.51 Å². The fourth-order valence-corrected chi connectivity index (χ4v) is 4.55. The minimum Gasteiger partial charge on any atom is -0.481 e. The molecule has 0 aromatic carbocycles. The van der Waals surface area contributed by atoms with E-state index in [1.165, 1.54) is 11.3 Å². The van der Waals surface area contributed by atoms with Gasteiger partial charge in [0.2, 0.25) is 10.0 Å². The number of carboxylic acid groups (broad SMARTS) is 1. The Morgan fingerprint density at radius 3 is 2.80 bits per heavy atom.